The number of likely N-dealkylation sites (N-methyl/N-ethyl adjacent to an activating group) is 1. The van der Waals surface area contributed by atoms with Gasteiger partial charge in [-0.15, -0.1) is 0 Å². The van der Waals surface area contributed by atoms with Crippen molar-refractivity contribution in [2.75, 3.05) is 27.2 Å². The second-order valence-corrected chi connectivity index (χ2v) is 4.61. The first-order valence-electron chi connectivity index (χ1n) is 6.30. The van der Waals surface area contributed by atoms with Gasteiger partial charge in [0.25, 0.3) is 0 Å². The SMILES string of the molecule is COc1ccc(C(=O)ONC2=CC[NH+](C)CC2)cc1. The van der Waals surface area contributed by atoms with Crippen molar-refractivity contribution < 1.29 is 19.3 Å². The van der Waals surface area contributed by atoms with Crippen LogP contribution in [-0.2, 0) is 4.84 Å². The lowest BCUT2D eigenvalue weighted by Gasteiger charge is -2.19. The predicted molar refractivity (Wildman–Crippen MR) is 70.9 cm³/mol. The number of rotatable bonds is 4. The molecule has 0 saturated heterocycles. The zero-order valence-corrected chi connectivity index (χ0v) is 11.2. The Morgan fingerprint density at radius 3 is 2.63 bits per heavy atom. The van der Waals surface area contributed by atoms with Crippen molar-refractivity contribution >= 4 is 5.97 Å². The predicted octanol–water partition coefficient (Wildman–Crippen LogP) is 0.159. The van der Waals surface area contributed by atoms with Gasteiger partial charge in [-0.2, -0.15) is 0 Å². The maximum Gasteiger partial charge on any atom is 0.362 e. The summed E-state index contributed by atoms with van der Waals surface area (Å²) in [6.45, 7) is 1.99. The summed E-state index contributed by atoms with van der Waals surface area (Å²) in [6.07, 6.45) is 2.95. The summed E-state index contributed by atoms with van der Waals surface area (Å²) in [5.74, 6) is 0.320. The van der Waals surface area contributed by atoms with Gasteiger partial charge in [0, 0.05) is 6.42 Å². The highest BCUT2D eigenvalue weighted by molar-refractivity contribution is 5.89. The van der Waals surface area contributed by atoms with E-state index >= 15 is 0 Å². The van der Waals surface area contributed by atoms with Crippen LogP contribution in [0.5, 0.6) is 5.75 Å². The Labute approximate surface area is 112 Å². The van der Waals surface area contributed by atoms with Gasteiger partial charge in [-0.05, 0) is 30.3 Å². The first-order chi connectivity index (χ1) is 9.19. The zero-order chi connectivity index (χ0) is 13.7. The lowest BCUT2D eigenvalue weighted by Crippen LogP contribution is -3.09. The van der Waals surface area contributed by atoms with E-state index in [0.29, 0.717) is 11.3 Å². The highest BCUT2D eigenvalue weighted by Crippen LogP contribution is 2.12. The Morgan fingerprint density at radius 1 is 1.32 bits per heavy atom. The summed E-state index contributed by atoms with van der Waals surface area (Å²) in [4.78, 5) is 18.3. The number of methoxy groups -OCH3 is 1. The van der Waals surface area contributed by atoms with Crippen molar-refractivity contribution in [1.29, 1.82) is 0 Å². The molecule has 0 amide bonds. The Kier molecular flexibility index (Phi) is 4.41. The molecule has 0 saturated carbocycles. The van der Waals surface area contributed by atoms with Crippen LogP contribution in [0.25, 0.3) is 0 Å². The summed E-state index contributed by atoms with van der Waals surface area (Å²) in [7, 11) is 3.72. The number of benzene rings is 1. The van der Waals surface area contributed by atoms with Crippen LogP contribution in [0, 0.1) is 0 Å². The molecule has 2 rings (SSSR count). The molecule has 1 unspecified atom stereocenters. The lowest BCUT2D eigenvalue weighted by molar-refractivity contribution is -0.875. The van der Waals surface area contributed by atoms with E-state index < -0.39 is 5.97 Å². The molecule has 1 aliphatic rings. The van der Waals surface area contributed by atoms with E-state index in [4.69, 9.17) is 9.57 Å². The molecule has 0 bridgehead atoms. The van der Waals surface area contributed by atoms with Gasteiger partial charge in [0.2, 0.25) is 0 Å². The van der Waals surface area contributed by atoms with Crippen molar-refractivity contribution in [3.05, 3.63) is 41.6 Å². The zero-order valence-electron chi connectivity index (χ0n) is 11.2. The summed E-state index contributed by atoms with van der Waals surface area (Å²) in [6, 6.07) is 6.82. The van der Waals surface area contributed by atoms with Crippen LogP contribution in [0.1, 0.15) is 16.8 Å². The maximum absolute atomic E-state index is 11.8. The third-order valence-corrected chi connectivity index (χ3v) is 3.12. The van der Waals surface area contributed by atoms with Gasteiger partial charge in [0.05, 0.1) is 38.5 Å². The third kappa shape index (κ3) is 3.72. The molecule has 1 aromatic rings. The van der Waals surface area contributed by atoms with E-state index in [0.717, 1.165) is 25.2 Å². The molecule has 0 aliphatic carbocycles. The highest BCUT2D eigenvalue weighted by Gasteiger charge is 2.13. The Bertz CT molecular complexity index is 468. The van der Waals surface area contributed by atoms with E-state index in [1.807, 2.05) is 0 Å². The van der Waals surface area contributed by atoms with Gasteiger partial charge in [-0.1, -0.05) is 0 Å². The number of nitrogens with one attached hydrogen (secondary N) is 2. The van der Waals surface area contributed by atoms with Gasteiger partial charge >= 0.3 is 5.97 Å². The fourth-order valence-corrected chi connectivity index (χ4v) is 1.84. The molecular formula is C14H19N2O3+. The molecule has 1 atom stereocenters. The van der Waals surface area contributed by atoms with Gasteiger partial charge in [-0.25, -0.2) is 10.3 Å². The minimum Gasteiger partial charge on any atom is -0.497 e. The van der Waals surface area contributed by atoms with Crippen molar-refractivity contribution in [2.24, 2.45) is 0 Å². The Morgan fingerprint density at radius 2 is 2.05 bits per heavy atom. The van der Waals surface area contributed by atoms with Gasteiger partial charge in [0.15, 0.2) is 0 Å². The number of carbonyl (C=O) groups excluding carboxylic acids is 1. The second kappa shape index (κ2) is 6.24. The second-order valence-electron chi connectivity index (χ2n) is 4.61. The Balaban J connectivity index is 1.87. The summed E-state index contributed by atoms with van der Waals surface area (Å²) in [5, 5.41) is 0. The molecule has 0 fully saturated rings. The number of hydrogen-bond donors (Lipinski definition) is 2. The molecule has 1 heterocycles. The van der Waals surface area contributed by atoms with E-state index in [2.05, 4.69) is 18.6 Å². The standard InChI is InChI=1S/C14H18N2O3/c1-16-9-7-12(8-10-16)15-19-14(17)11-3-5-13(18-2)6-4-11/h3-7,15H,8-10H2,1-2H3/p+1. The summed E-state index contributed by atoms with van der Waals surface area (Å²) >= 11 is 0. The van der Waals surface area contributed by atoms with Gasteiger partial charge in [0.1, 0.15) is 5.75 Å². The van der Waals surface area contributed by atoms with Crippen molar-refractivity contribution in [3.8, 4) is 5.75 Å². The van der Waals surface area contributed by atoms with Crippen LogP contribution >= 0.6 is 0 Å². The average Bonchev–Trinajstić information content (AvgIpc) is 2.46. The van der Waals surface area contributed by atoms with E-state index in [1.54, 1.807) is 31.4 Å². The molecule has 2 N–H and O–H groups in total. The largest absolute Gasteiger partial charge is 0.497 e. The molecule has 0 radical (unpaired) electrons. The first-order valence-corrected chi connectivity index (χ1v) is 6.30. The minimum absolute atomic E-state index is 0.394. The van der Waals surface area contributed by atoms with Crippen LogP contribution < -0.4 is 15.1 Å². The number of quaternary nitrogens is 1. The average molecular weight is 263 g/mol. The first kappa shape index (κ1) is 13.4. The number of ether oxygens (including phenoxy) is 1. The van der Waals surface area contributed by atoms with Crippen LogP contribution in [0.2, 0.25) is 0 Å². The minimum atomic E-state index is -0.394. The summed E-state index contributed by atoms with van der Waals surface area (Å²) < 4.78 is 5.03. The molecule has 19 heavy (non-hydrogen) atoms. The molecular weight excluding hydrogens is 244 g/mol. The van der Waals surface area contributed by atoms with E-state index in [1.165, 1.54) is 4.90 Å². The molecule has 1 aliphatic heterocycles. The summed E-state index contributed by atoms with van der Waals surface area (Å²) in [5.41, 5.74) is 4.19. The van der Waals surface area contributed by atoms with Crippen LogP contribution in [0.4, 0.5) is 0 Å². The van der Waals surface area contributed by atoms with Crippen molar-refractivity contribution in [1.82, 2.24) is 5.48 Å². The quantitative estimate of drug-likeness (QED) is 0.760. The number of carbonyl (C=O) groups is 1. The van der Waals surface area contributed by atoms with Crippen molar-refractivity contribution in [2.45, 2.75) is 6.42 Å². The fraction of sp³-hybridized carbons (Fsp3) is 0.357. The maximum atomic E-state index is 11.8. The number of hydroxylamine groups is 1. The van der Waals surface area contributed by atoms with Gasteiger partial charge in [-0.3, -0.25) is 0 Å². The molecule has 1 aromatic carbocycles. The Hall–Kier alpha value is -2.01. The molecule has 5 nitrogen and oxygen atoms in total. The van der Waals surface area contributed by atoms with Crippen LogP contribution in [0.3, 0.4) is 0 Å². The fourth-order valence-electron chi connectivity index (χ4n) is 1.84. The van der Waals surface area contributed by atoms with Crippen LogP contribution in [-0.4, -0.2) is 33.2 Å². The molecule has 102 valence electrons. The third-order valence-electron chi connectivity index (χ3n) is 3.12. The normalized spacial score (nSPS) is 18.4. The molecule has 5 heteroatoms. The monoisotopic (exact) mass is 263 g/mol. The highest BCUT2D eigenvalue weighted by atomic mass is 16.7. The van der Waals surface area contributed by atoms with E-state index in [9.17, 15) is 4.79 Å². The van der Waals surface area contributed by atoms with Crippen molar-refractivity contribution in [3.63, 3.8) is 0 Å². The lowest BCUT2D eigenvalue weighted by atomic mass is 10.2. The van der Waals surface area contributed by atoms with E-state index in [-0.39, 0.29) is 0 Å². The topological polar surface area (TPSA) is 52.0 Å². The smallest absolute Gasteiger partial charge is 0.362 e. The molecule has 0 spiro atoms. The molecule has 0 aromatic heterocycles. The van der Waals surface area contributed by atoms with Crippen LogP contribution in [0.15, 0.2) is 36.0 Å². The van der Waals surface area contributed by atoms with Gasteiger partial charge < -0.3 is 14.5 Å². The number of hydrogen-bond acceptors (Lipinski definition) is 4.